The number of rotatable bonds is 9. The molecule has 1 N–H and O–H groups in total. The van der Waals surface area contributed by atoms with Crippen LogP contribution in [0.2, 0.25) is 0 Å². The molecule has 1 fully saturated rings. The minimum Gasteiger partial charge on any atom is -0.504 e. The number of likely N-dealkylation sites (tertiary alicyclic amines) is 1. The van der Waals surface area contributed by atoms with Gasteiger partial charge in [0.15, 0.2) is 23.0 Å². The molecule has 0 aromatic heterocycles. The average molecular weight is 535 g/mol. The summed E-state index contributed by atoms with van der Waals surface area (Å²) in [6.07, 6.45) is 2.31. The number of thiocarbonyl (C=S) groups is 1. The smallest absolute Gasteiger partial charge is 0.237 e. The monoisotopic (exact) mass is 534 g/mol. The molecular formula is C26H34N2O6S2. The summed E-state index contributed by atoms with van der Waals surface area (Å²) in [4.78, 5) is 17.4. The Hall–Kier alpha value is -2.85. The maximum Gasteiger partial charge on any atom is 0.237 e. The van der Waals surface area contributed by atoms with Crippen LogP contribution >= 0.6 is 24.0 Å². The van der Waals surface area contributed by atoms with Crippen LogP contribution in [0.3, 0.4) is 0 Å². The minimum atomic E-state index is -0.142. The van der Waals surface area contributed by atoms with Crippen molar-refractivity contribution in [2.75, 3.05) is 52.2 Å². The zero-order valence-electron chi connectivity index (χ0n) is 21.4. The number of carbonyl (C=O) groups is 1. The van der Waals surface area contributed by atoms with E-state index in [4.69, 9.17) is 31.2 Å². The number of nitrogens with zero attached hydrogens (tertiary/aromatic N) is 2. The summed E-state index contributed by atoms with van der Waals surface area (Å²) in [5, 5.41) is 10.3. The van der Waals surface area contributed by atoms with E-state index in [9.17, 15) is 9.90 Å². The molecule has 0 bridgehead atoms. The average Bonchev–Trinajstić information content (AvgIpc) is 2.89. The van der Waals surface area contributed by atoms with E-state index < -0.39 is 0 Å². The summed E-state index contributed by atoms with van der Waals surface area (Å²) in [7, 11) is 6.08. The lowest BCUT2D eigenvalue weighted by atomic mass is 10.0. The predicted molar refractivity (Wildman–Crippen MR) is 147 cm³/mol. The van der Waals surface area contributed by atoms with Gasteiger partial charge in [0.2, 0.25) is 11.7 Å². The highest BCUT2D eigenvalue weighted by Gasteiger charge is 2.24. The van der Waals surface area contributed by atoms with Gasteiger partial charge in [-0.1, -0.05) is 37.0 Å². The number of phenols is 1. The summed E-state index contributed by atoms with van der Waals surface area (Å²) in [5.74, 6) is 2.29. The molecule has 1 heterocycles. The van der Waals surface area contributed by atoms with Crippen LogP contribution in [0.5, 0.6) is 28.7 Å². The lowest BCUT2D eigenvalue weighted by Gasteiger charge is -2.32. The molecule has 0 saturated carbocycles. The van der Waals surface area contributed by atoms with Gasteiger partial charge in [0.1, 0.15) is 4.32 Å². The molecule has 10 heteroatoms. The van der Waals surface area contributed by atoms with Crippen molar-refractivity contribution < 1.29 is 28.8 Å². The van der Waals surface area contributed by atoms with Gasteiger partial charge in [-0.3, -0.25) is 4.79 Å². The quantitative estimate of drug-likeness (QED) is 0.460. The first kappa shape index (κ1) is 27.7. The maximum absolute atomic E-state index is 13.6. The third-order valence-electron chi connectivity index (χ3n) is 6.08. The van der Waals surface area contributed by atoms with E-state index in [1.165, 1.54) is 46.6 Å². The molecule has 2 aromatic carbocycles. The van der Waals surface area contributed by atoms with E-state index in [-0.39, 0.29) is 24.0 Å². The van der Waals surface area contributed by atoms with Crippen molar-refractivity contribution in [2.24, 2.45) is 5.92 Å². The van der Waals surface area contributed by atoms with Crippen LogP contribution in [0.4, 0.5) is 5.69 Å². The molecule has 1 unspecified atom stereocenters. The van der Waals surface area contributed by atoms with Crippen LogP contribution in [-0.2, 0) is 11.3 Å². The first-order chi connectivity index (χ1) is 17.3. The van der Waals surface area contributed by atoms with E-state index >= 15 is 0 Å². The van der Waals surface area contributed by atoms with Gasteiger partial charge in [0.25, 0.3) is 0 Å². The Balaban J connectivity index is 1.89. The topological polar surface area (TPSA) is 80.7 Å². The van der Waals surface area contributed by atoms with E-state index in [1.54, 1.807) is 29.2 Å². The summed E-state index contributed by atoms with van der Waals surface area (Å²) >= 11 is 7.02. The van der Waals surface area contributed by atoms with Gasteiger partial charge in [-0.2, -0.15) is 0 Å². The lowest BCUT2D eigenvalue weighted by molar-refractivity contribution is -0.116. The summed E-state index contributed by atoms with van der Waals surface area (Å²) in [6.45, 7) is 4.28. The number of amides is 1. The maximum atomic E-state index is 13.6. The van der Waals surface area contributed by atoms with Crippen LogP contribution < -0.4 is 23.8 Å². The number of hydrogen-bond donors (Lipinski definition) is 1. The second-order valence-electron chi connectivity index (χ2n) is 8.62. The predicted octanol–water partition coefficient (Wildman–Crippen LogP) is 4.71. The Morgan fingerprint density at radius 2 is 1.75 bits per heavy atom. The standard InChI is InChI=1S/C26H34N2O6S2/c1-17-7-6-10-27(14-17)26(35)36-16-24(30)28(15-18-8-9-21(31-2)20(29)11-18)19-12-22(32-3)25(34-5)23(13-19)33-4/h8-9,11-13,17,29H,6-7,10,14-16H2,1-5H3. The molecule has 1 aliphatic heterocycles. The van der Waals surface area contributed by atoms with Gasteiger partial charge in [-0.15, -0.1) is 0 Å². The molecule has 8 nitrogen and oxygen atoms in total. The molecule has 1 amide bonds. The second kappa shape index (κ2) is 12.9. The molecule has 0 spiro atoms. The number of benzene rings is 2. The molecule has 1 aliphatic rings. The van der Waals surface area contributed by atoms with Crippen LogP contribution in [0.15, 0.2) is 30.3 Å². The van der Waals surface area contributed by atoms with Crippen LogP contribution in [0, 0.1) is 5.92 Å². The zero-order valence-corrected chi connectivity index (χ0v) is 23.0. The fourth-order valence-corrected chi connectivity index (χ4v) is 5.30. The second-order valence-corrected chi connectivity index (χ2v) is 10.2. The van der Waals surface area contributed by atoms with Crippen molar-refractivity contribution in [3.05, 3.63) is 35.9 Å². The SMILES string of the molecule is COc1ccc(CN(C(=O)CSC(=S)N2CCCC(C)C2)c2cc(OC)c(OC)c(OC)c2)cc1O. The van der Waals surface area contributed by atoms with Crippen molar-refractivity contribution in [3.63, 3.8) is 0 Å². The number of carbonyl (C=O) groups excluding carboxylic acids is 1. The molecule has 1 atom stereocenters. The van der Waals surface area contributed by atoms with Crippen molar-refractivity contribution in [1.29, 1.82) is 0 Å². The van der Waals surface area contributed by atoms with E-state index in [1.807, 2.05) is 6.07 Å². The van der Waals surface area contributed by atoms with Crippen molar-refractivity contribution in [2.45, 2.75) is 26.3 Å². The number of thioether (sulfide) groups is 1. The van der Waals surface area contributed by atoms with Gasteiger partial charge in [-0.05, 0) is 36.5 Å². The minimum absolute atomic E-state index is 0.00191. The molecule has 2 aromatic rings. The van der Waals surface area contributed by atoms with Crippen LogP contribution in [0.1, 0.15) is 25.3 Å². The highest BCUT2D eigenvalue weighted by Crippen LogP contribution is 2.41. The number of hydrogen-bond acceptors (Lipinski definition) is 8. The largest absolute Gasteiger partial charge is 0.504 e. The fourth-order valence-electron chi connectivity index (χ4n) is 4.21. The van der Waals surface area contributed by atoms with E-state index in [0.29, 0.717) is 34.6 Å². The molecule has 196 valence electrons. The zero-order chi connectivity index (χ0) is 26.2. The molecule has 0 aliphatic carbocycles. The normalized spacial score (nSPS) is 15.2. The van der Waals surface area contributed by atoms with Gasteiger partial charge < -0.3 is 33.9 Å². The summed E-state index contributed by atoms with van der Waals surface area (Å²) in [6, 6.07) is 8.54. The Morgan fingerprint density at radius 1 is 1.08 bits per heavy atom. The Bertz CT molecular complexity index is 1060. The number of anilines is 1. The highest BCUT2D eigenvalue weighted by atomic mass is 32.2. The fraction of sp³-hybridized carbons (Fsp3) is 0.462. The Morgan fingerprint density at radius 3 is 2.31 bits per heavy atom. The Kier molecular flexibility index (Phi) is 9.95. The van der Waals surface area contributed by atoms with Gasteiger partial charge in [0, 0.05) is 25.2 Å². The van der Waals surface area contributed by atoms with Gasteiger partial charge >= 0.3 is 0 Å². The molecular weight excluding hydrogens is 500 g/mol. The van der Waals surface area contributed by atoms with Crippen molar-refractivity contribution in [3.8, 4) is 28.7 Å². The molecule has 1 saturated heterocycles. The number of methoxy groups -OCH3 is 4. The first-order valence-corrected chi connectivity index (χ1v) is 13.1. The van der Waals surface area contributed by atoms with Gasteiger partial charge in [0.05, 0.1) is 46.4 Å². The first-order valence-electron chi connectivity index (χ1n) is 11.7. The third kappa shape index (κ3) is 6.67. The Labute approximate surface area is 222 Å². The lowest BCUT2D eigenvalue weighted by Crippen LogP contribution is -2.38. The number of aromatic hydroxyl groups is 1. The number of piperidine rings is 1. The molecule has 3 rings (SSSR count). The van der Waals surface area contributed by atoms with Crippen LogP contribution in [0.25, 0.3) is 0 Å². The van der Waals surface area contributed by atoms with Crippen molar-refractivity contribution in [1.82, 2.24) is 4.90 Å². The molecule has 36 heavy (non-hydrogen) atoms. The number of phenolic OH excluding ortho intramolecular Hbond substituents is 1. The third-order valence-corrected chi connectivity index (χ3v) is 7.59. The molecule has 0 radical (unpaired) electrons. The van der Waals surface area contributed by atoms with Crippen LogP contribution in [-0.4, -0.2) is 67.5 Å². The van der Waals surface area contributed by atoms with E-state index in [0.717, 1.165) is 29.4 Å². The number of ether oxygens (including phenoxy) is 4. The summed E-state index contributed by atoms with van der Waals surface area (Å²) in [5.41, 5.74) is 1.30. The highest BCUT2D eigenvalue weighted by molar-refractivity contribution is 8.23. The van der Waals surface area contributed by atoms with Crippen molar-refractivity contribution >= 4 is 39.9 Å². The van der Waals surface area contributed by atoms with Gasteiger partial charge in [-0.25, -0.2) is 0 Å². The summed E-state index contributed by atoms with van der Waals surface area (Å²) < 4.78 is 22.3. The van der Waals surface area contributed by atoms with E-state index in [2.05, 4.69) is 11.8 Å².